The van der Waals surface area contributed by atoms with E-state index in [2.05, 4.69) is 17.4 Å². The Morgan fingerprint density at radius 3 is 2.25 bits per heavy atom. The summed E-state index contributed by atoms with van der Waals surface area (Å²) in [6.07, 6.45) is 1.16. The molecule has 1 aromatic rings. The molecule has 7 heteroatoms. The van der Waals surface area contributed by atoms with Crippen LogP contribution in [0.1, 0.15) is 31.4 Å². The third-order valence-electron chi connectivity index (χ3n) is 5.84. The second kappa shape index (κ2) is 7.62. The van der Waals surface area contributed by atoms with Crippen LogP contribution in [0.4, 0.5) is 9.59 Å². The van der Waals surface area contributed by atoms with E-state index in [1.165, 1.54) is 17.5 Å². The predicted octanol–water partition coefficient (Wildman–Crippen LogP) is 2.60. The second-order valence-electron chi connectivity index (χ2n) is 8.43. The van der Waals surface area contributed by atoms with E-state index in [0.717, 1.165) is 38.0 Å². The quantitative estimate of drug-likeness (QED) is 0.847. The smallest absolute Gasteiger partial charge is 0.410 e. The number of carbonyl (C=O) groups is 2. The highest BCUT2D eigenvalue weighted by atomic mass is 16.6. The van der Waals surface area contributed by atoms with Crippen molar-refractivity contribution in [1.29, 1.82) is 0 Å². The number of amides is 3. The maximum Gasteiger partial charge on any atom is 0.410 e. The number of carbonyl (C=O) groups excluding carboxylic acids is 2. The summed E-state index contributed by atoms with van der Waals surface area (Å²) in [5.41, 5.74) is 2.17. The lowest BCUT2D eigenvalue weighted by Gasteiger charge is -2.38. The van der Waals surface area contributed by atoms with Crippen LogP contribution < -0.4 is 5.32 Å². The fourth-order valence-corrected chi connectivity index (χ4v) is 4.01. The third-order valence-corrected chi connectivity index (χ3v) is 5.84. The molecule has 0 aromatic heterocycles. The lowest BCUT2D eigenvalue weighted by Crippen LogP contribution is -2.52. The van der Waals surface area contributed by atoms with Crippen LogP contribution in [-0.2, 0) is 22.6 Å². The van der Waals surface area contributed by atoms with Crippen molar-refractivity contribution in [2.45, 2.75) is 39.0 Å². The van der Waals surface area contributed by atoms with E-state index in [0.29, 0.717) is 19.8 Å². The van der Waals surface area contributed by atoms with E-state index in [4.69, 9.17) is 9.47 Å². The van der Waals surface area contributed by atoms with Gasteiger partial charge in [-0.1, -0.05) is 24.3 Å². The summed E-state index contributed by atoms with van der Waals surface area (Å²) in [6.45, 7) is 8.90. The molecule has 0 spiro atoms. The van der Waals surface area contributed by atoms with Crippen LogP contribution in [-0.4, -0.2) is 60.4 Å². The first-order chi connectivity index (χ1) is 13.5. The summed E-state index contributed by atoms with van der Waals surface area (Å²) >= 11 is 0. The van der Waals surface area contributed by atoms with Gasteiger partial charge < -0.3 is 24.6 Å². The molecule has 3 fully saturated rings. The summed E-state index contributed by atoms with van der Waals surface area (Å²) in [5.74, 6) is 1.54. The molecule has 2 saturated heterocycles. The van der Waals surface area contributed by atoms with Crippen LogP contribution >= 0.6 is 0 Å². The summed E-state index contributed by atoms with van der Waals surface area (Å²) in [4.78, 5) is 26.9. The molecule has 2 unspecified atom stereocenters. The van der Waals surface area contributed by atoms with Crippen molar-refractivity contribution in [2.24, 2.45) is 11.8 Å². The zero-order valence-electron chi connectivity index (χ0n) is 16.6. The normalized spacial score (nSPS) is 25.6. The van der Waals surface area contributed by atoms with Gasteiger partial charge in [-0.25, -0.2) is 9.59 Å². The Balaban J connectivity index is 0.000000137. The van der Waals surface area contributed by atoms with Crippen LogP contribution in [0.2, 0.25) is 0 Å². The molecule has 152 valence electrons. The van der Waals surface area contributed by atoms with Crippen molar-refractivity contribution in [3.8, 4) is 0 Å². The minimum Gasteiger partial charge on any atom is -0.438 e. The molecule has 7 nitrogen and oxygen atoms in total. The summed E-state index contributed by atoms with van der Waals surface area (Å²) in [6, 6.07) is 8.21. The largest absolute Gasteiger partial charge is 0.438 e. The lowest BCUT2D eigenvalue weighted by atomic mass is 10.1. The Morgan fingerprint density at radius 1 is 1.14 bits per heavy atom. The number of nitrogens with one attached hydrogen (secondary N) is 1. The molecular formula is C21H29N3O4. The van der Waals surface area contributed by atoms with Gasteiger partial charge in [0.2, 0.25) is 0 Å². The van der Waals surface area contributed by atoms with Gasteiger partial charge in [0.15, 0.2) is 5.60 Å². The number of hydrogen-bond acceptors (Lipinski definition) is 4. The monoisotopic (exact) mass is 387 g/mol. The van der Waals surface area contributed by atoms with Gasteiger partial charge in [0, 0.05) is 32.7 Å². The van der Waals surface area contributed by atoms with Gasteiger partial charge in [-0.05, 0) is 43.2 Å². The number of likely N-dealkylation sites (tertiary alicyclic amines) is 1. The first kappa shape index (κ1) is 19.1. The molecule has 3 amide bonds. The average molecular weight is 387 g/mol. The maximum atomic E-state index is 11.7. The summed E-state index contributed by atoms with van der Waals surface area (Å²) in [5, 5.41) is 2.81. The molecule has 2 atom stereocenters. The maximum absolute atomic E-state index is 11.7. The van der Waals surface area contributed by atoms with E-state index in [1.54, 1.807) is 0 Å². The van der Waals surface area contributed by atoms with E-state index in [9.17, 15) is 9.59 Å². The Kier molecular flexibility index (Phi) is 5.19. The molecule has 5 rings (SSSR count). The lowest BCUT2D eigenvalue weighted by molar-refractivity contribution is -0.171. The van der Waals surface area contributed by atoms with E-state index in [1.807, 2.05) is 35.8 Å². The number of benzene rings is 1. The molecule has 1 N–H and O–H groups in total. The summed E-state index contributed by atoms with van der Waals surface area (Å²) < 4.78 is 10.4. The van der Waals surface area contributed by atoms with Crippen LogP contribution in [0.5, 0.6) is 0 Å². The van der Waals surface area contributed by atoms with Gasteiger partial charge in [0.05, 0.1) is 13.2 Å². The van der Waals surface area contributed by atoms with Gasteiger partial charge in [0.25, 0.3) is 0 Å². The van der Waals surface area contributed by atoms with Crippen LogP contribution in [0, 0.1) is 11.8 Å². The van der Waals surface area contributed by atoms with Crippen LogP contribution in [0.3, 0.4) is 0 Å². The molecule has 0 bridgehead atoms. The fourth-order valence-electron chi connectivity index (χ4n) is 4.01. The van der Waals surface area contributed by atoms with Crippen LogP contribution in [0.15, 0.2) is 24.3 Å². The minimum absolute atomic E-state index is 0.0312. The Labute approximate surface area is 166 Å². The molecule has 3 heterocycles. The number of piperidine rings is 1. The number of ether oxygens (including phenoxy) is 2. The van der Waals surface area contributed by atoms with Gasteiger partial charge in [-0.3, -0.25) is 0 Å². The highest BCUT2D eigenvalue weighted by Gasteiger charge is 2.48. The van der Waals surface area contributed by atoms with Gasteiger partial charge >= 0.3 is 12.1 Å². The molecule has 1 saturated carbocycles. The zero-order valence-corrected chi connectivity index (χ0v) is 16.6. The van der Waals surface area contributed by atoms with E-state index < -0.39 is 0 Å². The molecule has 3 aliphatic heterocycles. The van der Waals surface area contributed by atoms with Crippen molar-refractivity contribution in [3.05, 3.63) is 35.4 Å². The molecular weight excluding hydrogens is 358 g/mol. The van der Waals surface area contributed by atoms with Gasteiger partial charge in [-0.2, -0.15) is 0 Å². The Bertz CT molecular complexity index is 714. The average Bonchev–Trinajstić information content (AvgIpc) is 3.07. The topological polar surface area (TPSA) is 71.1 Å². The first-order valence-corrected chi connectivity index (χ1v) is 10.1. The predicted molar refractivity (Wildman–Crippen MR) is 104 cm³/mol. The summed E-state index contributed by atoms with van der Waals surface area (Å²) in [7, 11) is 0. The first-order valence-electron chi connectivity index (χ1n) is 10.1. The zero-order chi connectivity index (χ0) is 19.7. The van der Waals surface area contributed by atoms with Crippen molar-refractivity contribution in [1.82, 2.24) is 15.1 Å². The SMILES string of the molecule is CC1(OC(=O)N2CC3CC3C2)COC1.CCNC(=O)N1Cc2ccccc2C1. The highest BCUT2D eigenvalue weighted by molar-refractivity contribution is 5.75. The molecule has 1 aliphatic carbocycles. The third kappa shape index (κ3) is 4.09. The molecule has 0 radical (unpaired) electrons. The van der Waals surface area contributed by atoms with Crippen LogP contribution in [0.25, 0.3) is 0 Å². The fraction of sp³-hybridized carbons (Fsp3) is 0.619. The van der Waals surface area contributed by atoms with Gasteiger partial charge in [-0.15, -0.1) is 0 Å². The Morgan fingerprint density at radius 2 is 1.75 bits per heavy atom. The van der Waals surface area contributed by atoms with Crippen molar-refractivity contribution < 1.29 is 19.1 Å². The van der Waals surface area contributed by atoms with E-state index in [-0.39, 0.29) is 17.7 Å². The molecule has 1 aromatic carbocycles. The number of hydrogen-bond donors (Lipinski definition) is 1. The van der Waals surface area contributed by atoms with Crippen molar-refractivity contribution in [3.63, 3.8) is 0 Å². The second-order valence-corrected chi connectivity index (χ2v) is 8.43. The minimum atomic E-state index is -0.357. The molecule has 4 aliphatic rings. The highest BCUT2D eigenvalue weighted by Crippen LogP contribution is 2.45. The standard InChI is InChI=1S/C11H14N2O.C10H15NO3/c1-2-12-11(14)13-7-9-5-3-4-6-10(9)8-13;1-10(5-13-6-10)14-9(12)11-3-7-2-8(7)4-11/h3-6H,2,7-8H2,1H3,(H,12,14);7-8H,2-6H2,1H3. The van der Waals surface area contributed by atoms with Crippen molar-refractivity contribution >= 4 is 12.1 Å². The van der Waals surface area contributed by atoms with E-state index >= 15 is 0 Å². The number of nitrogens with zero attached hydrogens (tertiary/aromatic N) is 2. The number of urea groups is 1. The van der Waals surface area contributed by atoms with Crippen molar-refractivity contribution in [2.75, 3.05) is 32.8 Å². The molecule has 28 heavy (non-hydrogen) atoms. The number of rotatable bonds is 2. The van der Waals surface area contributed by atoms with Gasteiger partial charge in [0.1, 0.15) is 0 Å². The number of fused-ring (bicyclic) bond motifs is 2. The Hall–Kier alpha value is -2.28.